The third-order valence-corrected chi connectivity index (χ3v) is 2.58. The molecule has 2 N–H and O–H groups in total. The van der Waals surface area contributed by atoms with Gasteiger partial charge in [-0.2, -0.15) is 0 Å². The van der Waals surface area contributed by atoms with E-state index in [0.717, 1.165) is 5.56 Å². The number of nitrogens with one attached hydrogen (secondary N) is 2. The summed E-state index contributed by atoms with van der Waals surface area (Å²) in [6, 6.07) is 9.57. The van der Waals surface area contributed by atoms with Crippen molar-refractivity contribution in [2.75, 3.05) is 6.61 Å². The Labute approximate surface area is 117 Å². The number of hydrogen-bond acceptors (Lipinski definition) is 4. The number of hydrazine groups is 1. The van der Waals surface area contributed by atoms with Gasteiger partial charge < -0.3 is 4.74 Å². The summed E-state index contributed by atoms with van der Waals surface area (Å²) in [6.45, 7) is 2.75. The highest BCUT2D eigenvalue weighted by Gasteiger charge is 2.13. The molecule has 0 bridgehead atoms. The number of rotatable bonds is 5. The molecule has 0 aliphatic heterocycles. The van der Waals surface area contributed by atoms with Gasteiger partial charge in [0.2, 0.25) is 5.91 Å². The molecule has 2 amide bonds. The smallest absolute Gasteiger partial charge is 0.306 e. The van der Waals surface area contributed by atoms with Crippen LogP contribution in [0.3, 0.4) is 0 Å². The van der Waals surface area contributed by atoms with E-state index in [1.807, 2.05) is 37.3 Å². The van der Waals surface area contributed by atoms with E-state index in [1.165, 1.54) is 6.92 Å². The number of ether oxygens (including phenoxy) is 1. The van der Waals surface area contributed by atoms with E-state index < -0.39 is 24.4 Å². The van der Waals surface area contributed by atoms with Crippen molar-refractivity contribution in [2.24, 2.45) is 0 Å². The highest BCUT2D eigenvalue weighted by Crippen LogP contribution is 2.18. The van der Waals surface area contributed by atoms with Crippen molar-refractivity contribution >= 4 is 17.8 Å². The highest BCUT2D eigenvalue weighted by molar-refractivity contribution is 5.83. The number of carbonyl (C=O) groups excluding carboxylic acids is 3. The van der Waals surface area contributed by atoms with Crippen LogP contribution in [0, 0.1) is 0 Å². The quantitative estimate of drug-likeness (QED) is 0.619. The molecule has 0 unspecified atom stereocenters. The van der Waals surface area contributed by atoms with E-state index in [9.17, 15) is 14.4 Å². The Balaban J connectivity index is 2.30. The monoisotopic (exact) mass is 278 g/mol. The minimum Gasteiger partial charge on any atom is -0.455 e. The molecule has 1 rings (SSSR count). The van der Waals surface area contributed by atoms with Gasteiger partial charge in [-0.25, -0.2) is 0 Å². The summed E-state index contributed by atoms with van der Waals surface area (Å²) in [7, 11) is 0. The van der Waals surface area contributed by atoms with Crippen LogP contribution in [0.5, 0.6) is 0 Å². The number of esters is 1. The largest absolute Gasteiger partial charge is 0.455 e. The second-order valence-corrected chi connectivity index (χ2v) is 4.41. The van der Waals surface area contributed by atoms with Crippen LogP contribution in [0.1, 0.15) is 31.7 Å². The van der Waals surface area contributed by atoms with Gasteiger partial charge in [0.05, 0.1) is 6.42 Å². The predicted molar refractivity (Wildman–Crippen MR) is 72.4 cm³/mol. The lowest BCUT2D eigenvalue weighted by molar-refractivity contribution is -0.149. The number of hydrogen-bond donors (Lipinski definition) is 2. The van der Waals surface area contributed by atoms with Gasteiger partial charge in [0, 0.05) is 6.92 Å². The molecule has 0 heterocycles. The molecular formula is C14H18N2O4. The first-order chi connectivity index (χ1) is 9.49. The molecule has 0 aliphatic rings. The maximum Gasteiger partial charge on any atom is 0.306 e. The molecular weight excluding hydrogens is 260 g/mol. The Morgan fingerprint density at radius 2 is 1.80 bits per heavy atom. The van der Waals surface area contributed by atoms with Crippen LogP contribution in [0.2, 0.25) is 0 Å². The molecule has 20 heavy (non-hydrogen) atoms. The van der Waals surface area contributed by atoms with Gasteiger partial charge in [0.1, 0.15) is 0 Å². The minimum atomic E-state index is -0.582. The lowest BCUT2D eigenvalue weighted by Gasteiger charge is -2.11. The Morgan fingerprint density at radius 1 is 1.15 bits per heavy atom. The number of benzene rings is 1. The zero-order valence-corrected chi connectivity index (χ0v) is 11.5. The van der Waals surface area contributed by atoms with Crippen LogP contribution in [-0.4, -0.2) is 24.4 Å². The second-order valence-electron chi connectivity index (χ2n) is 4.41. The van der Waals surface area contributed by atoms with Crippen molar-refractivity contribution in [3.63, 3.8) is 0 Å². The fourth-order valence-electron chi connectivity index (χ4n) is 1.55. The summed E-state index contributed by atoms with van der Waals surface area (Å²) in [5.74, 6) is -1.43. The van der Waals surface area contributed by atoms with Gasteiger partial charge in [-0.1, -0.05) is 37.3 Å². The summed E-state index contributed by atoms with van der Waals surface area (Å²) in [6.07, 6.45) is 0.192. The van der Waals surface area contributed by atoms with E-state index in [4.69, 9.17) is 4.74 Å². The lowest BCUT2D eigenvalue weighted by Crippen LogP contribution is -2.42. The van der Waals surface area contributed by atoms with Gasteiger partial charge in [-0.3, -0.25) is 25.2 Å². The van der Waals surface area contributed by atoms with Gasteiger partial charge in [-0.15, -0.1) is 0 Å². The Hall–Kier alpha value is -2.37. The first-order valence-corrected chi connectivity index (χ1v) is 6.25. The molecule has 0 saturated heterocycles. The van der Waals surface area contributed by atoms with Crippen molar-refractivity contribution in [3.8, 4) is 0 Å². The van der Waals surface area contributed by atoms with Crippen LogP contribution in [0.15, 0.2) is 30.3 Å². The predicted octanol–water partition coefficient (Wildman–Crippen LogP) is 0.891. The Bertz CT molecular complexity index is 473. The summed E-state index contributed by atoms with van der Waals surface area (Å²) in [4.78, 5) is 33.3. The van der Waals surface area contributed by atoms with Crippen molar-refractivity contribution in [1.29, 1.82) is 0 Å². The van der Waals surface area contributed by atoms with Crippen molar-refractivity contribution in [2.45, 2.75) is 26.2 Å². The van der Waals surface area contributed by atoms with Gasteiger partial charge in [0.15, 0.2) is 6.61 Å². The second kappa shape index (κ2) is 7.93. The van der Waals surface area contributed by atoms with Gasteiger partial charge >= 0.3 is 5.97 Å². The third kappa shape index (κ3) is 5.99. The van der Waals surface area contributed by atoms with E-state index in [-0.39, 0.29) is 12.3 Å². The maximum atomic E-state index is 11.6. The van der Waals surface area contributed by atoms with E-state index in [0.29, 0.717) is 0 Å². The Kier molecular flexibility index (Phi) is 6.22. The summed E-state index contributed by atoms with van der Waals surface area (Å²) in [5, 5.41) is 0. The van der Waals surface area contributed by atoms with Crippen LogP contribution >= 0.6 is 0 Å². The Morgan fingerprint density at radius 3 is 2.40 bits per heavy atom. The van der Waals surface area contributed by atoms with Crippen LogP contribution in [0.25, 0.3) is 0 Å². The molecule has 0 fully saturated rings. The molecule has 108 valence electrons. The van der Waals surface area contributed by atoms with E-state index in [2.05, 4.69) is 10.9 Å². The SMILES string of the molecule is CC(=O)NNC(=O)COC(=O)C[C@H](C)c1ccccc1. The molecule has 1 atom stereocenters. The molecule has 0 aromatic heterocycles. The first-order valence-electron chi connectivity index (χ1n) is 6.25. The maximum absolute atomic E-state index is 11.6. The molecule has 0 radical (unpaired) electrons. The summed E-state index contributed by atoms with van der Waals surface area (Å²) in [5.41, 5.74) is 5.25. The fraction of sp³-hybridized carbons (Fsp3) is 0.357. The molecule has 0 saturated carbocycles. The first kappa shape index (κ1) is 15.7. The average Bonchev–Trinajstić information content (AvgIpc) is 2.43. The van der Waals surface area contributed by atoms with Crippen molar-refractivity contribution < 1.29 is 19.1 Å². The summed E-state index contributed by atoms with van der Waals surface area (Å²) < 4.78 is 4.83. The van der Waals surface area contributed by atoms with Gasteiger partial charge in [0.25, 0.3) is 5.91 Å². The topological polar surface area (TPSA) is 84.5 Å². The van der Waals surface area contributed by atoms with Crippen molar-refractivity contribution in [1.82, 2.24) is 10.9 Å². The third-order valence-electron chi connectivity index (χ3n) is 2.58. The minimum absolute atomic E-state index is 0.0158. The molecule has 1 aromatic rings. The molecule has 1 aromatic carbocycles. The molecule has 6 nitrogen and oxygen atoms in total. The van der Waals surface area contributed by atoms with Crippen molar-refractivity contribution in [3.05, 3.63) is 35.9 Å². The molecule has 0 spiro atoms. The highest BCUT2D eigenvalue weighted by atomic mass is 16.5. The van der Waals surface area contributed by atoms with Crippen LogP contribution in [-0.2, 0) is 19.1 Å². The lowest BCUT2D eigenvalue weighted by atomic mass is 9.98. The zero-order valence-electron chi connectivity index (χ0n) is 11.5. The molecule has 6 heteroatoms. The van der Waals surface area contributed by atoms with Crippen LogP contribution < -0.4 is 10.9 Å². The number of amides is 2. The molecule has 0 aliphatic carbocycles. The number of carbonyl (C=O) groups is 3. The summed E-state index contributed by atoms with van der Waals surface area (Å²) >= 11 is 0. The zero-order chi connectivity index (χ0) is 15.0. The average molecular weight is 278 g/mol. The fourth-order valence-corrected chi connectivity index (χ4v) is 1.55. The van der Waals surface area contributed by atoms with Crippen LogP contribution in [0.4, 0.5) is 0 Å². The van der Waals surface area contributed by atoms with E-state index in [1.54, 1.807) is 0 Å². The van der Waals surface area contributed by atoms with E-state index >= 15 is 0 Å². The normalized spacial score (nSPS) is 11.3. The van der Waals surface area contributed by atoms with Gasteiger partial charge in [-0.05, 0) is 11.5 Å². The standard InChI is InChI=1S/C14H18N2O4/c1-10(12-6-4-3-5-7-12)8-14(19)20-9-13(18)16-15-11(2)17/h3-7,10H,8-9H2,1-2H3,(H,15,17)(H,16,18)/t10-/m0/s1.